The Morgan fingerprint density at radius 2 is 2.14 bits per heavy atom. The second kappa shape index (κ2) is 5.53. The van der Waals surface area contributed by atoms with Crippen LogP contribution in [0.4, 0.5) is 5.69 Å². The summed E-state index contributed by atoms with van der Waals surface area (Å²) < 4.78 is 5.14. The van der Waals surface area contributed by atoms with Crippen molar-refractivity contribution in [3.05, 3.63) is 67.5 Å². The molecule has 0 saturated carbocycles. The summed E-state index contributed by atoms with van der Waals surface area (Å²) in [4.78, 5) is 28.2. The maximum absolute atomic E-state index is 11.9. The molecule has 3 rings (SSSR count). The summed E-state index contributed by atoms with van der Waals surface area (Å²) in [5, 5.41) is 10.8. The zero-order valence-corrected chi connectivity index (χ0v) is 12.3. The van der Waals surface area contributed by atoms with Crippen molar-refractivity contribution in [1.82, 2.24) is 0 Å². The maximum atomic E-state index is 11.9. The average molecular weight is 314 g/mol. The Bertz CT molecular complexity index is 836. The van der Waals surface area contributed by atoms with Crippen molar-refractivity contribution in [3.8, 4) is 0 Å². The van der Waals surface area contributed by atoms with Crippen molar-refractivity contribution in [1.29, 1.82) is 0 Å². The average Bonchev–Trinajstić information content (AvgIpc) is 3.06. The first-order valence-corrected chi connectivity index (χ1v) is 7.18. The number of non-ortho nitro benzene ring substituents is 1. The Morgan fingerprint density at radius 3 is 2.82 bits per heavy atom. The van der Waals surface area contributed by atoms with E-state index in [0.29, 0.717) is 5.56 Å². The minimum atomic E-state index is -0.562. The Morgan fingerprint density at radius 1 is 1.32 bits per heavy atom. The van der Waals surface area contributed by atoms with Gasteiger partial charge in [0.2, 0.25) is 5.90 Å². The first kappa shape index (κ1) is 14.2. The van der Waals surface area contributed by atoms with E-state index in [2.05, 4.69) is 4.99 Å². The molecule has 7 heteroatoms. The number of ether oxygens (including phenoxy) is 1. The molecular weight excluding hydrogens is 304 g/mol. The van der Waals surface area contributed by atoms with Gasteiger partial charge in [-0.05, 0) is 30.7 Å². The third-order valence-corrected chi connectivity index (χ3v) is 3.94. The van der Waals surface area contributed by atoms with E-state index < -0.39 is 10.9 Å². The number of benzene rings is 1. The van der Waals surface area contributed by atoms with E-state index in [1.165, 1.54) is 29.5 Å². The standard InChI is InChI=1S/C15H10N2O4S/c1-9-5-6-13(22-9)14-16-12(15(18)21-14)8-10-3-2-4-11(7-10)17(19)20/h2-8H,1H3/b12-8-. The van der Waals surface area contributed by atoms with Crippen LogP contribution in [0.25, 0.3) is 6.08 Å². The van der Waals surface area contributed by atoms with Gasteiger partial charge in [-0.25, -0.2) is 9.79 Å². The normalized spacial score (nSPS) is 15.8. The summed E-state index contributed by atoms with van der Waals surface area (Å²) in [5.74, 6) is -0.299. The molecule has 110 valence electrons. The van der Waals surface area contributed by atoms with Crippen LogP contribution in [0.3, 0.4) is 0 Å². The number of nitrogens with zero attached hydrogens (tertiary/aromatic N) is 2. The fourth-order valence-corrected chi connectivity index (χ4v) is 2.74. The molecule has 0 atom stereocenters. The van der Waals surface area contributed by atoms with E-state index in [-0.39, 0.29) is 17.3 Å². The lowest BCUT2D eigenvalue weighted by Gasteiger charge is -1.95. The monoisotopic (exact) mass is 314 g/mol. The van der Waals surface area contributed by atoms with Crippen LogP contribution in [0.15, 0.2) is 47.1 Å². The van der Waals surface area contributed by atoms with Crippen LogP contribution in [-0.4, -0.2) is 16.8 Å². The number of carbonyl (C=O) groups excluding carboxylic acids is 1. The van der Waals surface area contributed by atoms with Crippen molar-refractivity contribution in [2.24, 2.45) is 4.99 Å². The van der Waals surface area contributed by atoms with E-state index in [4.69, 9.17) is 4.74 Å². The molecular formula is C15H10N2O4S. The number of thiophene rings is 1. The molecule has 0 N–H and O–H groups in total. The van der Waals surface area contributed by atoms with Crippen LogP contribution in [0, 0.1) is 17.0 Å². The molecule has 0 fully saturated rings. The summed E-state index contributed by atoms with van der Waals surface area (Å²) in [6.07, 6.45) is 1.47. The lowest BCUT2D eigenvalue weighted by Crippen LogP contribution is -2.03. The second-order valence-electron chi connectivity index (χ2n) is 4.60. The van der Waals surface area contributed by atoms with Crippen LogP contribution in [0.2, 0.25) is 0 Å². The van der Waals surface area contributed by atoms with Crippen LogP contribution in [-0.2, 0) is 9.53 Å². The molecule has 1 aromatic carbocycles. The lowest BCUT2D eigenvalue weighted by molar-refractivity contribution is -0.384. The van der Waals surface area contributed by atoms with Gasteiger partial charge in [0.1, 0.15) is 0 Å². The van der Waals surface area contributed by atoms with E-state index in [1.807, 2.05) is 19.1 Å². The molecule has 0 spiro atoms. The number of esters is 1. The van der Waals surface area contributed by atoms with Gasteiger partial charge in [0.15, 0.2) is 5.70 Å². The van der Waals surface area contributed by atoms with Gasteiger partial charge in [-0.2, -0.15) is 0 Å². The smallest absolute Gasteiger partial charge is 0.363 e. The van der Waals surface area contributed by atoms with Crippen molar-refractivity contribution in [3.63, 3.8) is 0 Å². The number of nitro groups is 1. The summed E-state index contributed by atoms with van der Waals surface area (Å²) in [7, 11) is 0. The summed E-state index contributed by atoms with van der Waals surface area (Å²) >= 11 is 1.48. The molecule has 2 heterocycles. The third-order valence-electron chi connectivity index (χ3n) is 2.96. The van der Waals surface area contributed by atoms with Crippen molar-refractivity contribution in [2.45, 2.75) is 6.92 Å². The molecule has 0 amide bonds. The molecule has 0 bridgehead atoms. The molecule has 0 saturated heterocycles. The number of aliphatic imine (C=N–C) groups is 1. The SMILES string of the molecule is Cc1ccc(C2=N/C(=C\c3cccc([N+](=O)[O-])c3)C(=O)O2)s1. The minimum absolute atomic E-state index is 0.0428. The topological polar surface area (TPSA) is 81.8 Å². The van der Waals surface area contributed by atoms with Crippen LogP contribution >= 0.6 is 11.3 Å². The highest BCUT2D eigenvalue weighted by Crippen LogP contribution is 2.24. The summed E-state index contributed by atoms with van der Waals surface area (Å²) in [5.41, 5.74) is 0.605. The molecule has 22 heavy (non-hydrogen) atoms. The van der Waals surface area contributed by atoms with E-state index in [0.717, 1.165) is 9.75 Å². The van der Waals surface area contributed by atoms with Gasteiger partial charge >= 0.3 is 5.97 Å². The first-order valence-electron chi connectivity index (χ1n) is 6.37. The fraction of sp³-hybridized carbons (Fsp3) is 0.0667. The van der Waals surface area contributed by atoms with Crippen LogP contribution < -0.4 is 0 Å². The highest BCUT2D eigenvalue weighted by molar-refractivity contribution is 7.14. The molecule has 1 aliphatic rings. The Labute approximate surface area is 129 Å². The number of rotatable bonds is 3. The van der Waals surface area contributed by atoms with Gasteiger partial charge < -0.3 is 4.74 Å². The van der Waals surface area contributed by atoms with E-state index >= 15 is 0 Å². The molecule has 6 nitrogen and oxygen atoms in total. The van der Waals surface area contributed by atoms with E-state index in [9.17, 15) is 14.9 Å². The van der Waals surface area contributed by atoms with Crippen LogP contribution in [0.5, 0.6) is 0 Å². The predicted molar refractivity (Wildman–Crippen MR) is 82.8 cm³/mol. The molecule has 0 radical (unpaired) electrons. The zero-order chi connectivity index (χ0) is 15.7. The van der Waals surface area contributed by atoms with Gasteiger partial charge in [-0.3, -0.25) is 10.1 Å². The largest absolute Gasteiger partial charge is 0.401 e. The quantitative estimate of drug-likeness (QED) is 0.377. The maximum Gasteiger partial charge on any atom is 0.363 e. The first-order chi connectivity index (χ1) is 10.5. The zero-order valence-electron chi connectivity index (χ0n) is 11.5. The molecule has 1 aliphatic heterocycles. The number of hydrogen-bond acceptors (Lipinski definition) is 6. The number of aryl methyl sites for hydroxylation is 1. The van der Waals surface area contributed by atoms with Crippen molar-refractivity contribution in [2.75, 3.05) is 0 Å². The highest BCUT2D eigenvalue weighted by atomic mass is 32.1. The third kappa shape index (κ3) is 2.79. The summed E-state index contributed by atoms with van der Waals surface area (Å²) in [6, 6.07) is 9.73. The number of hydrogen-bond donors (Lipinski definition) is 0. The summed E-state index contributed by atoms with van der Waals surface area (Å²) in [6.45, 7) is 1.95. The molecule has 1 aromatic heterocycles. The highest BCUT2D eigenvalue weighted by Gasteiger charge is 2.25. The molecule has 0 aliphatic carbocycles. The van der Waals surface area contributed by atoms with Crippen molar-refractivity contribution >= 4 is 35.0 Å². The Kier molecular flexibility index (Phi) is 3.56. The van der Waals surface area contributed by atoms with Gasteiger partial charge in [0.05, 0.1) is 9.80 Å². The molecule has 0 unspecified atom stereocenters. The van der Waals surface area contributed by atoms with Gasteiger partial charge in [-0.1, -0.05) is 12.1 Å². The second-order valence-corrected chi connectivity index (χ2v) is 5.89. The lowest BCUT2D eigenvalue weighted by atomic mass is 10.2. The van der Waals surface area contributed by atoms with Gasteiger partial charge in [-0.15, -0.1) is 11.3 Å². The molecule has 2 aromatic rings. The van der Waals surface area contributed by atoms with Crippen molar-refractivity contribution < 1.29 is 14.5 Å². The Balaban J connectivity index is 1.94. The van der Waals surface area contributed by atoms with Gasteiger partial charge in [0, 0.05) is 17.0 Å². The minimum Gasteiger partial charge on any atom is -0.401 e. The fourth-order valence-electron chi connectivity index (χ4n) is 1.95. The predicted octanol–water partition coefficient (Wildman–Crippen LogP) is 3.31. The van der Waals surface area contributed by atoms with Gasteiger partial charge in [0.25, 0.3) is 5.69 Å². The number of carbonyl (C=O) groups is 1. The van der Waals surface area contributed by atoms with E-state index in [1.54, 1.807) is 12.1 Å². The number of nitro benzene ring substituents is 1. The van der Waals surface area contributed by atoms with Crippen LogP contribution in [0.1, 0.15) is 15.3 Å². The Hall–Kier alpha value is -2.80. The number of cyclic esters (lactones) is 1.